The van der Waals surface area contributed by atoms with Crippen molar-refractivity contribution in [1.29, 1.82) is 0 Å². The Morgan fingerprint density at radius 2 is 1.79 bits per heavy atom. The first-order valence-corrected chi connectivity index (χ1v) is 11.4. The van der Waals surface area contributed by atoms with Crippen LogP contribution in [-0.4, -0.2) is 19.0 Å². The zero-order valence-electron chi connectivity index (χ0n) is 18.7. The minimum atomic E-state index is -0.488. The molecular weight excluding hydrogens is 482 g/mol. The quantitative estimate of drug-likeness (QED) is 0.271. The van der Waals surface area contributed by atoms with Crippen LogP contribution in [0.1, 0.15) is 42.0 Å². The lowest BCUT2D eigenvalue weighted by Crippen LogP contribution is -2.05. The van der Waals surface area contributed by atoms with Crippen LogP contribution in [-0.2, 0) is 16.1 Å². The first-order chi connectivity index (χ1) is 15.9. The minimum Gasteiger partial charge on any atom is -0.493 e. The molecule has 3 aromatic carbocycles. The van der Waals surface area contributed by atoms with E-state index in [0.717, 1.165) is 16.7 Å². The molecule has 0 saturated carbocycles. The molecule has 1 heterocycles. The number of halogens is 1. The van der Waals surface area contributed by atoms with Crippen LogP contribution in [0.25, 0.3) is 6.08 Å². The van der Waals surface area contributed by atoms with Gasteiger partial charge in [-0.3, -0.25) is 0 Å². The van der Waals surface area contributed by atoms with Crippen LogP contribution in [0.2, 0.25) is 0 Å². The Kier molecular flexibility index (Phi) is 6.94. The molecule has 33 heavy (non-hydrogen) atoms. The molecule has 1 aliphatic heterocycles. The van der Waals surface area contributed by atoms with Crippen molar-refractivity contribution in [2.24, 2.45) is 4.99 Å². The van der Waals surface area contributed by atoms with Crippen molar-refractivity contribution < 1.29 is 19.0 Å². The Hall–Kier alpha value is -3.38. The first kappa shape index (κ1) is 22.8. The number of ether oxygens (including phenoxy) is 3. The molecule has 0 amide bonds. The second-order valence-corrected chi connectivity index (χ2v) is 8.78. The predicted octanol–water partition coefficient (Wildman–Crippen LogP) is 6.50. The average molecular weight is 506 g/mol. The lowest BCUT2D eigenvalue weighted by Gasteiger charge is -2.13. The molecular formula is C27H24BrNO4. The fourth-order valence-corrected chi connectivity index (χ4v) is 3.97. The molecule has 3 aromatic rings. The number of hydrogen-bond acceptors (Lipinski definition) is 5. The number of aliphatic imine (C=N–C) groups is 1. The Balaban J connectivity index is 1.57. The highest BCUT2D eigenvalue weighted by molar-refractivity contribution is 9.10. The van der Waals surface area contributed by atoms with Gasteiger partial charge < -0.3 is 14.2 Å². The molecule has 0 bridgehead atoms. The normalized spacial score (nSPS) is 14.4. The van der Waals surface area contributed by atoms with Gasteiger partial charge in [0.15, 0.2) is 17.2 Å². The molecule has 4 rings (SSSR count). The fraction of sp³-hybridized carbons (Fsp3) is 0.185. The summed E-state index contributed by atoms with van der Waals surface area (Å²) in [5, 5.41) is 0. The van der Waals surface area contributed by atoms with Crippen molar-refractivity contribution in [3.05, 3.63) is 99.2 Å². The summed E-state index contributed by atoms with van der Waals surface area (Å²) < 4.78 is 17.6. The highest BCUT2D eigenvalue weighted by atomic mass is 79.9. The Morgan fingerprint density at radius 1 is 1.06 bits per heavy atom. The largest absolute Gasteiger partial charge is 0.493 e. The molecule has 0 spiro atoms. The maximum atomic E-state index is 12.4. The van der Waals surface area contributed by atoms with E-state index in [9.17, 15) is 4.79 Å². The molecule has 0 fully saturated rings. The van der Waals surface area contributed by atoms with Gasteiger partial charge in [-0.05, 0) is 68.9 Å². The second-order valence-electron chi connectivity index (χ2n) is 7.92. The molecule has 1 aliphatic rings. The second kappa shape index (κ2) is 10.0. The number of methoxy groups -OCH3 is 1. The van der Waals surface area contributed by atoms with Gasteiger partial charge in [-0.15, -0.1) is 0 Å². The van der Waals surface area contributed by atoms with Crippen molar-refractivity contribution in [3.8, 4) is 11.5 Å². The van der Waals surface area contributed by atoms with E-state index in [1.807, 2.05) is 60.7 Å². The van der Waals surface area contributed by atoms with Gasteiger partial charge in [0.2, 0.25) is 5.90 Å². The molecule has 0 aliphatic carbocycles. The van der Waals surface area contributed by atoms with E-state index in [-0.39, 0.29) is 5.70 Å². The number of benzene rings is 3. The monoisotopic (exact) mass is 505 g/mol. The zero-order valence-corrected chi connectivity index (χ0v) is 20.3. The zero-order chi connectivity index (χ0) is 23.4. The fourth-order valence-electron chi connectivity index (χ4n) is 3.39. The summed E-state index contributed by atoms with van der Waals surface area (Å²) in [6.45, 7) is 4.67. The van der Waals surface area contributed by atoms with Crippen LogP contribution in [0, 0.1) is 0 Å². The average Bonchev–Trinajstić information content (AvgIpc) is 3.18. The lowest BCUT2D eigenvalue weighted by atomic mass is 10.0. The summed E-state index contributed by atoms with van der Waals surface area (Å²) in [4.78, 5) is 16.8. The molecule has 0 N–H and O–H groups in total. The summed E-state index contributed by atoms with van der Waals surface area (Å²) in [6, 6.07) is 21.4. The van der Waals surface area contributed by atoms with Crippen molar-refractivity contribution in [3.63, 3.8) is 0 Å². The molecule has 0 aromatic heterocycles. The predicted molar refractivity (Wildman–Crippen MR) is 133 cm³/mol. The summed E-state index contributed by atoms with van der Waals surface area (Å²) in [5.74, 6) is 1.38. The molecule has 0 saturated heterocycles. The van der Waals surface area contributed by atoms with Crippen LogP contribution >= 0.6 is 15.9 Å². The van der Waals surface area contributed by atoms with Crippen molar-refractivity contribution in [2.75, 3.05) is 7.11 Å². The highest BCUT2D eigenvalue weighted by Crippen LogP contribution is 2.38. The van der Waals surface area contributed by atoms with Gasteiger partial charge in [0.1, 0.15) is 6.61 Å². The van der Waals surface area contributed by atoms with Crippen LogP contribution in [0.5, 0.6) is 11.5 Å². The smallest absolute Gasteiger partial charge is 0.363 e. The standard InChI is InChI=1S/C27H24BrNO4/c1-17(2)20-9-11-21(12-10-20)26-29-23(27(30)33-26)14-19-13-22(28)25(24(15-19)31-3)32-16-18-7-5-4-6-8-18/h4-15,17H,16H2,1-3H3/b23-14-. The van der Waals surface area contributed by atoms with Gasteiger partial charge in [-0.1, -0.05) is 56.3 Å². The number of rotatable bonds is 7. The van der Waals surface area contributed by atoms with Gasteiger partial charge in [0, 0.05) is 5.56 Å². The molecule has 168 valence electrons. The lowest BCUT2D eigenvalue weighted by molar-refractivity contribution is -0.129. The highest BCUT2D eigenvalue weighted by Gasteiger charge is 2.24. The van der Waals surface area contributed by atoms with Crippen molar-refractivity contribution in [1.82, 2.24) is 0 Å². The number of cyclic esters (lactones) is 1. The van der Waals surface area contributed by atoms with Gasteiger partial charge in [0.05, 0.1) is 11.6 Å². The van der Waals surface area contributed by atoms with Crippen molar-refractivity contribution >= 4 is 33.9 Å². The summed E-state index contributed by atoms with van der Waals surface area (Å²) >= 11 is 3.56. The third-order valence-electron chi connectivity index (χ3n) is 5.23. The summed E-state index contributed by atoms with van der Waals surface area (Å²) in [7, 11) is 1.58. The first-order valence-electron chi connectivity index (χ1n) is 10.6. The van der Waals surface area contributed by atoms with Crippen LogP contribution in [0.4, 0.5) is 0 Å². The molecule has 5 nitrogen and oxygen atoms in total. The van der Waals surface area contributed by atoms with E-state index in [0.29, 0.717) is 34.4 Å². The molecule has 0 atom stereocenters. The maximum absolute atomic E-state index is 12.4. The van der Waals surface area contributed by atoms with Gasteiger partial charge >= 0.3 is 5.97 Å². The summed E-state index contributed by atoms with van der Waals surface area (Å²) in [5.41, 5.74) is 3.99. The maximum Gasteiger partial charge on any atom is 0.363 e. The summed E-state index contributed by atoms with van der Waals surface area (Å²) in [6.07, 6.45) is 1.67. The van der Waals surface area contributed by atoms with Crippen LogP contribution < -0.4 is 9.47 Å². The number of nitrogens with zero attached hydrogens (tertiary/aromatic N) is 1. The molecule has 0 radical (unpaired) electrons. The van der Waals surface area contributed by atoms with Crippen molar-refractivity contribution in [2.45, 2.75) is 26.4 Å². The van der Waals surface area contributed by atoms with Gasteiger partial charge in [0.25, 0.3) is 0 Å². The number of hydrogen-bond donors (Lipinski definition) is 0. The SMILES string of the molecule is COc1cc(/C=C2\N=C(c3ccc(C(C)C)cc3)OC2=O)cc(Br)c1OCc1ccccc1. The Labute approximate surface area is 201 Å². The molecule has 0 unspecified atom stereocenters. The van der Waals surface area contributed by atoms with E-state index in [1.54, 1.807) is 19.3 Å². The van der Waals surface area contributed by atoms with E-state index in [4.69, 9.17) is 14.2 Å². The van der Waals surface area contributed by atoms with E-state index in [1.165, 1.54) is 5.56 Å². The van der Waals surface area contributed by atoms with Crippen LogP contribution in [0.3, 0.4) is 0 Å². The Bertz CT molecular complexity index is 1210. The third kappa shape index (κ3) is 5.34. The van der Waals surface area contributed by atoms with Gasteiger partial charge in [-0.25, -0.2) is 9.79 Å². The minimum absolute atomic E-state index is 0.227. The Morgan fingerprint density at radius 3 is 2.45 bits per heavy atom. The van der Waals surface area contributed by atoms with E-state index in [2.05, 4.69) is 34.8 Å². The number of carbonyl (C=O) groups excluding carboxylic acids is 1. The van der Waals surface area contributed by atoms with Gasteiger partial charge in [-0.2, -0.15) is 0 Å². The number of esters is 1. The molecule has 6 heteroatoms. The topological polar surface area (TPSA) is 57.1 Å². The van der Waals surface area contributed by atoms with Crippen LogP contribution in [0.15, 0.2) is 81.9 Å². The van der Waals surface area contributed by atoms with E-state index < -0.39 is 5.97 Å². The number of carbonyl (C=O) groups is 1. The third-order valence-corrected chi connectivity index (χ3v) is 5.82. The van der Waals surface area contributed by atoms with E-state index >= 15 is 0 Å².